The monoisotopic (exact) mass is 276 g/mol. The molecule has 2 fully saturated rings. The van der Waals surface area contributed by atoms with E-state index in [2.05, 4.69) is 5.32 Å². The number of morpholine rings is 1. The van der Waals surface area contributed by atoms with E-state index in [1.165, 1.54) is 25.7 Å². The van der Waals surface area contributed by atoms with Crippen LogP contribution in [-0.4, -0.2) is 49.7 Å². The van der Waals surface area contributed by atoms with E-state index in [-0.39, 0.29) is 23.9 Å². The van der Waals surface area contributed by atoms with Crippen molar-refractivity contribution < 1.29 is 9.53 Å². The zero-order valence-electron chi connectivity index (χ0n) is 11.2. The minimum absolute atomic E-state index is 0. The predicted molar refractivity (Wildman–Crippen MR) is 74.1 cm³/mol. The molecule has 1 saturated carbocycles. The van der Waals surface area contributed by atoms with Crippen molar-refractivity contribution in [1.29, 1.82) is 0 Å². The topological polar surface area (TPSA) is 41.6 Å². The predicted octanol–water partition coefficient (Wildman–Crippen LogP) is 1.58. The van der Waals surface area contributed by atoms with Crippen LogP contribution < -0.4 is 5.32 Å². The molecule has 1 aliphatic heterocycles. The molecule has 0 aromatic heterocycles. The van der Waals surface area contributed by atoms with Crippen LogP contribution in [0.5, 0.6) is 0 Å². The van der Waals surface area contributed by atoms with Crippen LogP contribution in [0.1, 0.15) is 38.5 Å². The maximum absolute atomic E-state index is 11.9. The summed E-state index contributed by atoms with van der Waals surface area (Å²) in [4.78, 5) is 13.9. The van der Waals surface area contributed by atoms with Gasteiger partial charge in [0.15, 0.2) is 0 Å². The summed E-state index contributed by atoms with van der Waals surface area (Å²) in [6.07, 6.45) is 7.36. The van der Waals surface area contributed by atoms with Gasteiger partial charge in [0.05, 0.1) is 18.8 Å². The number of carbonyl (C=O) groups is 1. The number of halogens is 1. The van der Waals surface area contributed by atoms with Crippen LogP contribution in [0.2, 0.25) is 0 Å². The third-order valence-electron chi connectivity index (χ3n) is 3.94. The zero-order chi connectivity index (χ0) is 12.1. The van der Waals surface area contributed by atoms with E-state index in [1.54, 1.807) is 0 Å². The van der Waals surface area contributed by atoms with Crippen LogP contribution in [0, 0.1) is 0 Å². The van der Waals surface area contributed by atoms with E-state index >= 15 is 0 Å². The molecule has 2 rings (SSSR count). The Kier molecular flexibility index (Phi) is 6.39. The second-order valence-electron chi connectivity index (χ2n) is 5.29. The van der Waals surface area contributed by atoms with Gasteiger partial charge in [-0.05, 0) is 19.9 Å². The number of carbonyl (C=O) groups excluding carboxylic acids is 1. The highest BCUT2D eigenvalue weighted by molar-refractivity contribution is 5.85. The Morgan fingerprint density at radius 1 is 1.28 bits per heavy atom. The summed E-state index contributed by atoms with van der Waals surface area (Å²) < 4.78 is 6.03. The summed E-state index contributed by atoms with van der Waals surface area (Å²) in [7, 11) is 1.82. The standard InChI is InChI=1S/C13H24N2O2.ClH/c1-14-10-12(16)15-8-9-17-13(11-15)6-4-2-3-5-7-13;/h14H,2-11H2,1H3;1H. The van der Waals surface area contributed by atoms with Crippen LogP contribution in [0.3, 0.4) is 0 Å². The smallest absolute Gasteiger partial charge is 0.236 e. The summed E-state index contributed by atoms with van der Waals surface area (Å²) in [6.45, 7) is 2.70. The lowest BCUT2D eigenvalue weighted by Crippen LogP contribution is -2.54. The molecule has 0 unspecified atom stereocenters. The number of amides is 1. The highest BCUT2D eigenvalue weighted by Gasteiger charge is 2.38. The van der Waals surface area contributed by atoms with E-state index < -0.39 is 0 Å². The average Bonchev–Trinajstić information content (AvgIpc) is 2.55. The first-order valence-electron chi connectivity index (χ1n) is 6.82. The molecule has 5 heteroatoms. The average molecular weight is 277 g/mol. The SMILES string of the molecule is CNCC(=O)N1CCOC2(CCCCCC2)C1.Cl. The highest BCUT2D eigenvalue weighted by atomic mass is 35.5. The van der Waals surface area contributed by atoms with Gasteiger partial charge in [-0.2, -0.15) is 0 Å². The van der Waals surface area contributed by atoms with Crippen molar-refractivity contribution in [3.8, 4) is 0 Å². The molecule has 1 heterocycles. The Labute approximate surface area is 116 Å². The quantitative estimate of drug-likeness (QED) is 0.833. The fourth-order valence-electron chi connectivity index (χ4n) is 3.00. The first kappa shape index (κ1) is 15.7. The lowest BCUT2D eigenvalue weighted by Gasteiger charge is -2.42. The summed E-state index contributed by atoms with van der Waals surface area (Å²) >= 11 is 0. The van der Waals surface area contributed by atoms with E-state index in [1.807, 2.05) is 11.9 Å². The molecule has 1 spiro atoms. The number of nitrogens with zero attached hydrogens (tertiary/aromatic N) is 1. The van der Waals surface area contributed by atoms with Gasteiger partial charge in [0.25, 0.3) is 0 Å². The Balaban J connectivity index is 0.00000162. The van der Waals surface area contributed by atoms with Gasteiger partial charge in [-0.15, -0.1) is 12.4 Å². The molecule has 0 bridgehead atoms. The molecule has 18 heavy (non-hydrogen) atoms. The number of hydrogen-bond donors (Lipinski definition) is 1. The number of nitrogens with one attached hydrogen (secondary N) is 1. The fourth-order valence-corrected chi connectivity index (χ4v) is 3.00. The zero-order valence-corrected chi connectivity index (χ0v) is 12.1. The molecule has 0 atom stereocenters. The van der Waals surface area contributed by atoms with Crippen molar-refractivity contribution in [2.75, 3.05) is 33.3 Å². The van der Waals surface area contributed by atoms with Crippen LogP contribution >= 0.6 is 12.4 Å². The van der Waals surface area contributed by atoms with Gasteiger partial charge in [-0.25, -0.2) is 0 Å². The molecule has 106 valence electrons. The molecule has 0 radical (unpaired) electrons. The summed E-state index contributed by atoms with van der Waals surface area (Å²) in [5, 5.41) is 2.94. The first-order valence-corrected chi connectivity index (χ1v) is 6.82. The molecular formula is C13H25ClN2O2. The van der Waals surface area contributed by atoms with Crippen LogP contribution in [0.4, 0.5) is 0 Å². The van der Waals surface area contributed by atoms with Crippen molar-refractivity contribution >= 4 is 18.3 Å². The van der Waals surface area contributed by atoms with Gasteiger partial charge in [0, 0.05) is 13.1 Å². The molecule has 0 aromatic carbocycles. The molecular weight excluding hydrogens is 252 g/mol. The second kappa shape index (κ2) is 7.31. The van der Waals surface area contributed by atoms with Gasteiger partial charge in [0.2, 0.25) is 5.91 Å². The summed E-state index contributed by atoms with van der Waals surface area (Å²) in [6, 6.07) is 0. The minimum atomic E-state index is -0.0296. The largest absolute Gasteiger partial charge is 0.371 e. The van der Waals surface area contributed by atoms with Crippen molar-refractivity contribution in [3.63, 3.8) is 0 Å². The van der Waals surface area contributed by atoms with E-state index in [4.69, 9.17) is 4.74 Å². The Morgan fingerprint density at radius 2 is 1.94 bits per heavy atom. The Morgan fingerprint density at radius 3 is 2.56 bits per heavy atom. The van der Waals surface area contributed by atoms with Crippen LogP contribution in [0.15, 0.2) is 0 Å². The highest BCUT2D eigenvalue weighted by Crippen LogP contribution is 2.33. The Bertz CT molecular complexity index is 266. The normalized spacial score (nSPS) is 23.3. The van der Waals surface area contributed by atoms with Crippen molar-refractivity contribution in [1.82, 2.24) is 10.2 Å². The molecule has 1 amide bonds. The molecule has 1 N–H and O–H groups in total. The molecule has 4 nitrogen and oxygen atoms in total. The maximum Gasteiger partial charge on any atom is 0.236 e. The van der Waals surface area contributed by atoms with Crippen LogP contribution in [0.25, 0.3) is 0 Å². The summed E-state index contributed by atoms with van der Waals surface area (Å²) in [5.74, 6) is 0.208. The van der Waals surface area contributed by atoms with Crippen molar-refractivity contribution in [2.45, 2.75) is 44.1 Å². The molecule has 1 saturated heterocycles. The minimum Gasteiger partial charge on any atom is -0.371 e. The van der Waals surface area contributed by atoms with E-state index in [9.17, 15) is 4.79 Å². The maximum atomic E-state index is 11.9. The number of ether oxygens (including phenoxy) is 1. The van der Waals surface area contributed by atoms with Crippen LogP contribution in [-0.2, 0) is 9.53 Å². The van der Waals surface area contributed by atoms with Gasteiger partial charge in [-0.3, -0.25) is 4.79 Å². The number of likely N-dealkylation sites (N-methyl/N-ethyl adjacent to an activating group) is 1. The van der Waals surface area contributed by atoms with Gasteiger partial charge in [-0.1, -0.05) is 25.7 Å². The van der Waals surface area contributed by atoms with E-state index in [0.29, 0.717) is 13.2 Å². The fraction of sp³-hybridized carbons (Fsp3) is 0.923. The lowest BCUT2D eigenvalue weighted by atomic mass is 9.92. The molecule has 1 aliphatic carbocycles. The van der Waals surface area contributed by atoms with E-state index in [0.717, 1.165) is 25.9 Å². The van der Waals surface area contributed by atoms with Gasteiger partial charge < -0.3 is 15.0 Å². The summed E-state index contributed by atoms with van der Waals surface area (Å²) in [5.41, 5.74) is -0.0296. The third kappa shape index (κ3) is 3.84. The third-order valence-corrected chi connectivity index (χ3v) is 3.94. The Hall–Kier alpha value is -0.320. The molecule has 0 aromatic rings. The number of hydrogen-bond acceptors (Lipinski definition) is 3. The van der Waals surface area contributed by atoms with Gasteiger partial charge in [0.1, 0.15) is 0 Å². The lowest BCUT2D eigenvalue weighted by molar-refractivity contribution is -0.152. The first-order chi connectivity index (χ1) is 8.26. The van der Waals surface area contributed by atoms with Crippen molar-refractivity contribution in [2.24, 2.45) is 0 Å². The second-order valence-corrected chi connectivity index (χ2v) is 5.29. The van der Waals surface area contributed by atoms with Gasteiger partial charge >= 0.3 is 0 Å². The number of rotatable bonds is 2. The molecule has 2 aliphatic rings. The van der Waals surface area contributed by atoms with Crippen molar-refractivity contribution in [3.05, 3.63) is 0 Å².